The van der Waals surface area contributed by atoms with E-state index in [1.165, 1.54) is 18.2 Å². The number of nitrogens with zero attached hydrogens (tertiary/aromatic N) is 2. The third-order valence-corrected chi connectivity index (χ3v) is 3.75. The number of cyclic esters (lactones) is 1. The zero-order valence-electron chi connectivity index (χ0n) is 12.8. The molecule has 0 aliphatic carbocycles. The van der Waals surface area contributed by atoms with E-state index in [4.69, 9.17) is 9.47 Å². The lowest BCUT2D eigenvalue weighted by Gasteiger charge is -2.31. The third kappa shape index (κ3) is 2.14. The number of nitro benzene ring substituents is 1. The molecule has 1 aliphatic rings. The molecule has 0 amide bonds. The van der Waals surface area contributed by atoms with Crippen molar-refractivity contribution < 1.29 is 24.0 Å². The Morgan fingerprint density at radius 3 is 2.70 bits per heavy atom. The number of carbonyl (C=O) groups excluding carboxylic acids is 2. The second kappa shape index (κ2) is 4.80. The van der Waals surface area contributed by atoms with E-state index in [0.717, 1.165) is 4.57 Å². The number of non-ortho nitro benzene ring substituents is 1. The molecule has 0 unspecified atom stereocenters. The van der Waals surface area contributed by atoms with Gasteiger partial charge < -0.3 is 9.47 Å². The lowest BCUT2D eigenvalue weighted by atomic mass is 9.94. The van der Waals surface area contributed by atoms with Gasteiger partial charge in [-0.2, -0.15) is 0 Å². The molecule has 1 aliphatic heterocycles. The van der Waals surface area contributed by atoms with Crippen molar-refractivity contribution >= 4 is 28.7 Å². The van der Waals surface area contributed by atoms with E-state index in [1.54, 1.807) is 20.8 Å². The van der Waals surface area contributed by atoms with Crippen molar-refractivity contribution in [3.8, 4) is 0 Å². The Hall–Kier alpha value is -2.90. The van der Waals surface area contributed by atoms with Gasteiger partial charge in [0.05, 0.1) is 17.0 Å². The molecule has 0 spiro atoms. The molecule has 0 saturated carbocycles. The van der Waals surface area contributed by atoms with Crippen molar-refractivity contribution in [2.24, 2.45) is 0 Å². The standard InChI is InChI=1S/C15H14N2O6/c1-4-22-13(18)11-6-8-5-9(17(20)21)7-10-12(8)16(11)14(19)23-15(10,2)3/h5-7H,4H2,1-3H3. The maximum atomic E-state index is 12.3. The van der Waals surface area contributed by atoms with Crippen molar-refractivity contribution in [1.82, 2.24) is 4.57 Å². The van der Waals surface area contributed by atoms with E-state index in [1.807, 2.05) is 0 Å². The summed E-state index contributed by atoms with van der Waals surface area (Å²) in [6.45, 7) is 5.08. The van der Waals surface area contributed by atoms with Crippen molar-refractivity contribution in [3.63, 3.8) is 0 Å². The Labute approximate surface area is 130 Å². The smallest absolute Gasteiger partial charge is 0.420 e. The molecule has 8 nitrogen and oxygen atoms in total. The van der Waals surface area contributed by atoms with Gasteiger partial charge in [0.1, 0.15) is 11.3 Å². The lowest BCUT2D eigenvalue weighted by molar-refractivity contribution is -0.384. The molecule has 0 saturated heterocycles. The molecule has 3 rings (SSSR count). The lowest BCUT2D eigenvalue weighted by Crippen LogP contribution is -2.35. The van der Waals surface area contributed by atoms with E-state index in [-0.39, 0.29) is 18.0 Å². The first-order chi connectivity index (χ1) is 10.8. The molecular weight excluding hydrogens is 304 g/mol. The Balaban J connectivity index is 2.39. The third-order valence-electron chi connectivity index (χ3n) is 3.75. The molecule has 120 valence electrons. The predicted octanol–water partition coefficient (Wildman–Crippen LogP) is 2.96. The van der Waals surface area contributed by atoms with Crippen LogP contribution < -0.4 is 0 Å². The fraction of sp³-hybridized carbons (Fsp3) is 0.333. The minimum Gasteiger partial charge on any atom is -0.461 e. The summed E-state index contributed by atoms with van der Waals surface area (Å²) < 4.78 is 11.4. The number of ether oxygens (including phenoxy) is 2. The fourth-order valence-corrected chi connectivity index (χ4v) is 2.76. The molecule has 0 radical (unpaired) electrons. The quantitative estimate of drug-likeness (QED) is 0.490. The number of nitro groups is 1. The molecule has 0 N–H and O–H groups in total. The van der Waals surface area contributed by atoms with Gasteiger partial charge in [-0.05, 0) is 26.8 Å². The predicted molar refractivity (Wildman–Crippen MR) is 79.5 cm³/mol. The molecule has 0 bridgehead atoms. The second-order valence-corrected chi connectivity index (χ2v) is 5.65. The van der Waals surface area contributed by atoms with Crippen LogP contribution in [0.5, 0.6) is 0 Å². The van der Waals surface area contributed by atoms with Gasteiger partial charge in [0, 0.05) is 23.1 Å². The number of aromatic nitrogens is 1. The van der Waals surface area contributed by atoms with Crippen LogP contribution in [0.4, 0.5) is 10.5 Å². The summed E-state index contributed by atoms with van der Waals surface area (Å²) in [4.78, 5) is 35.0. The topological polar surface area (TPSA) is 101 Å². The van der Waals surface area contributed by atoms with Crippen LogP contribution in [-0.4, -0.2) is 28.2 Å². The first-order valence-corrected chi connectivity index (χ1v) is 7.01. The highest BCUT2D eigenvalue weighted by Crippen LogP contribution is 2.40. The summed E-state index contributed by atoms with van der Waals surface area (Å²) in [6.07, 6.45) is -0.714. The Bertz CT molecular complexity index is 864. The maximum Gasteiger partial charge on any atom is 0.420 e. The van der Waals surface area contributed by atoms with E-state index >= 15 is 0 Å². The van der Waals surface area contributed by atoms with E-state index < -0.39 is 22.6 Å². The van der Waals surface area contributed by atoms with Crippen LogP contribution in [0.25, 0.3) is 10.9 Å². The van der Waals surface area contributed by atoms with Gasteiger partial charge in [0.25, 0.3) is 5.69 Å². The summed E-state index contributed by atoms with van der Waals surface area (Å²) in [5.41, 5.74) is -0.284. The molecular formula is C15H14N2O6. The minimum atomic E-state index is -1.04. The summed E-state index contributed by atoms with van der Waals surface area (Å²) in [5.74, 6) is -0.686. The van der Waals surface area contributed by atoms with Crippen LogP contribution in [0.2, 0.25) is 0 Å². The minimum absolute atomic E-state index is 0.0101. The first-order valence-electron chi connectivity index (χ1n) is 7.01. The molecule has 1 aromatic heterocycles. The largest absolute Gasteiger partial charge is 0.461 e. The van der Waals surface area contributed by atoms with Crippen molar-refractivity contribution in [2.75, 3.05) is 6.61 Å². The van der Waals surface area contributed by atoms with E-state index in [9.17, 15) is 19.7 Å². The highest BCUT2D eigenvalue weighted by molar-refractivity contribution is 6.04. The number of hydrogen-bond donors (Lipinski definition) is 0. The summed E-state index contributed by atoms with van der Waals surface area (Å²) >= 11 is 0. The molecule has 1 aromatic carbocycles. The molecule has 2 heterocycles. The Kier molecular flexibility index (Phi) is 3.13. The molecule has 0 atom stereocenters. The Morgan fingerprint density at radius 1 is 1.39 bits per heavy atom. The number of hydrogen-bond acceptors (Lipinski definition) is 6. The number of carbonyl (C=O) groups is 2. The molecule has 0 fully saturated rings. The zero-order valence-corrected chi connectivity index (χ0v) is 12.8. The average Bonchev–Trinajstić information content (AvgIpc) is 2.84. The van der Waals surface area contributed by atoms with E-state index in [2.05, 4.69) is 0 Å². The van der Waals surface area contributed by atoms with Gasteiger partial charge in [-0.25, -0.2) is 14.2 Å². The first kappa shape index (κ1) is 15.0. The van der Waals surface area contributed by atoms with Crippen molar-refractivity contribution in [3.05, 3.63) is 39.6 Å². The van der Waals surface area contributed by atoms with Gasteiger partial charge in [-0.1, -0.05) is 0 Å². The molecule has 23 heavy (non-hydrogen) atoms. The highest BCUT2D eigenvalue weighted by atomic mass is 16.6. The monoisotopic (exact) mass is 318 g/mol. The number of benzene rings is 1. The Morgan fingerprint density at radius 2 is 2.09 bits per heavy atom. The van der Waals surface area contributed by atoms with Gasteiger partial charge in [-0.3, -0.25) is 10.1 Å². The van der Waals surface area contributed by atoms with Crippen LogP contribution in [0.1, 0.15) is 36.8 Å². The van der Waals surface area contributed by atoms with Crippen LogP contribution in [0.15, 0.2) is 18.2 Å². The average molecular weight is 318 g/mol. The summed E-state index contributed by atoms with van der Waals surface area (Å²) in [6, 6.07) is 4.10. The van der Waals surface area contributed by atoms with Crippen LogP contribution >= 0.6 is 0 Å². The summed E-state index contributed by atoms with van der Waals surface area (Å²) in [7, 11) is 0. The number of rotatable bonds is 3. The van der Waals surface area contributed by atoms with Gasteiger partial charge >= 0.3 is 12.1 Å². The molecule has 8 heteroatoms. The SMILES string of the molecule is CCOC(=O)c1cc2cc([N+](=O)[O-])cc3c2n1C(=O)OC3(C)C. The van der Waals surface area contributed by atoms with Crippen LogP contribution in [0, 0.1) is 10.1 Å². The maximum absolute atomic E-state index is 12.3. The fourth-order valence-electron chi connectivity index (χ4n) is 2.76. The van der Waals surface area contributed by atoms with Gasteiger partial charge in [0.2, 0.25) is 0 Å². The second-order valence-electron chi connectivity index (χ2n) is 5.65. The molecule has 2 aromatic rings. The highest BCUT2D eigenvalue weighted by Gasteiger charge is 2.39. The van der Waals surface area contributed by atoms with E-state index in [0.29, 0.717) is 16.5 Å². The van der Waals surface area contributed by atoms with Crippen molar-refractivity contribution in [1.29, 1.82) is 0 Å². The zero-order chi connectivity index (χ0) is 16.9. The van der Waals surface area contributed by atoms with Gasteiger partial charge in [-0.15, -0.1) is 0 Å². The summed E-state index contributed by atoms with van der Waals surface area (Å²) in [5, 5.41) is 11.6. The van der Waals surface area contributed by atoms with Crippen molar-refractivity contribution in [2.45, 2.75) is 26.4 Å². The van der Waals surface area contributed by atoms with Gasteiger partial charge in [0.15, 0.2) is 0 Å². The van der Waals surface area contributed by atoms with Crippen LogP contribution in [-0.2, 0) is 15.1 Å². The van der Waals surface area contributed by atoms with Crippen LogP contribution in [0.3, 0.4) is 0 Å². The normalized spacial score (nSPS) is 15.3. The number of esters is 1.